The Bertz CT molecular complexity index is 1040. The number of anilines is 3. The van der Waals surface area contributed by atoms with Crippen LogP contribution in [0.4, 0.5) is 17.3 Å². The van der Waals surface area contributed by atoms with Crippen LogP contribution in [0.3, 0.4) is 0 Å². The third kappa shape index (κ3) is 3.92. The van der Waals surface area contributed by atoms with Crippen molar-refractivity contribution in [3.8, 4) is 6.07 Å². The van der Waals surface area contributed by atoms with E-state index in [0.717, 1.165) is 27.7 Å². The van der Waals surface area contributed by atoms with E-state index in [1.54, 1.807) is 24.0 Å². The van der Waals surface area contributed by atoms with Gasteiger partial charge in [0.05, 0.1) is 16.4 Å². The molecule has 0 saturated heterocycles. The van der Waals surface area contributed by atoms with Gasteiger partial charge in [0.25, 0.3) is 0 Å². The van der Waals surface area contributed by atoms with Gasteiger partial charge in [-0.2, -0.15) is 5.26 Å². The Hall–Kier alpha value is -3.50. The molecule has 4 N–H and O–H groups in total. The number of nitrogens with two attached hydrogens (primary N) is 1. The smallest absolute Gasteiger partial charge is 0.223 e. The summed E-state index contributed by atoms with van der Waals surface area (Å²) in [6.07, 6.45) is 2.49. The number of nitrogens with one attached hydrogen (secondary N) is 2. The van der Waals surface area contributed by atoms with Crippen LogP contribution in [0.2, 0.25) is 0 Å². The summed E-state index contributed by atoms with van der Waals surface area (Å²) >= 11 is 1.54. The minimum absolute atomic E-state index is 0.502. The molecule has 0 saturated carbocycles. The van der Waals surface area contributed by atoms with Crippen molar-refractivity contribution in [2.24, 2.45) is 0 Å². The summed E-state index contributed by atoms with van der Waals surface area (Å²) in [5.41, 5.74) is 9.75. The molecule has 0 atom stereocenters. The van der Waals surface area contributed by atoms with E-state index in [1.807, 2.05) is 48.5 Å². The summed E-state index contributed by atoms with van der Waals surface area (Å²) in [6, 6.07) is 19.8. The molecule has 0 spiro atoms. The number of rotatable bonds is 5. The van der Waals surface area contributed by atoms with Crippen LogP contribution in [0.5, 0.6) is 0 Å². The molecule has 1 aliphatic rings. The highest BCUT2D eigenvalue weighted by Crippen LogP contribution is 2.43. The Morgan fingerprint density at radius 3 is 2.75 bits per heavy atom. The predicted molar refractivity (Wildman–Crippen MR) is 114 cm³/mol. The number of hydrogen-bond donors (Lipinski definition) is 3. The highest BCUT2D eigenvalue weighted by Gasteiger charge is 2.20. The molecule has 1 aromatic heterocycles. The van der Waals surface area contributed by atoms with Gasteiger partial charge in [-0.05, 0) is 42.3 Å². The first-order chi connectivity index (χ1) is 13.7. The van der Waals surface area contributed by atoms with Gasteiger partial charge in [0.15, 0.2) is 0 Å². The largest absolute Gasteiger partial charge is 0.399 e. The van der Waals surface area contributed by atoms with Crippen LogP contribution >= 0.6 is 11.8 Å². The number of aromatic nitrogens is 2. The molecular weight excluding hydrogens is 368 g/mol. The first-order valence-corrected chi connectivity index (χ1v) is 9.64. The van der Waals surface area contributed by atoms with Gasteiger partial charge in [-0.25, -0.2) is 9.97 Å². The number of hydrogen-bond acceptors (Lipinski definition) is 7. The third-order valence-electron chi connectivity index (χ3n) is 4.27. The van der Waals surface area contributed by atoms with Crippen molar-refractivity contribution >= 4 is 34.7 Å². The number of benzene rings is 2. The zero-order valence-electron chi connectivity index (χ0n) is 15.0. The van der Waals surface area contributed by atoms with Gasteiger partial charge in [-0.1, -0.05) is 36.0 Å². The van der Waals surface area contributed by atoms with Crippen LogP contribution in [0, 0.1) is 11.3 Å². The van der Waals surface area contributed by atoms with Crippen molar-refractivity contribution in [2.75, 3.05) is 22.9 Å². The van der Waals surface area contributed by atoms with E-state index in [4.69, 9.17) is 5.73 Å². The number of allylic oxidation sites excluding steroid dienone is 1. The van der Waals surface area contributed by atoms with Crippen molar-refractivity contribution in [3.63, 3.8) is 0 Å². The monoisotopic (exact) mass is 386 g/mol. The zero-order valence-corrected chi connectivity index (χ0v) is 15.8. The molecule has 2 aromatic carbocycles. The molecule has 0 radical (unpaired) electrons. The normalized spacial score (nSPS) is 14.0. The van der Waals surface area contributed by atoms with E-state index in [-0.39, 0.29) is 0 Å². The molecule has 3 aromatic rings. The SMILES string of the molecule is N#C/C(=C1\Nc2ccccc2S1)c1ccnc(NCCc2ccc(N)cc2)n1. The fourth-order valence-electron chi connectivity index (χ4n) is 2.84. The minimum atomic E-state index is 0.502. The number of para-hydroxylation sites is 1. The molecule has 0 bridgehead atoms. The van der Waals surface area contributed by atoms with E-state index in [1.165, 1.54) is 5.56 Å². The van der Waals surface area contributed by atoms with Gasteiger partial charge in [0, 0.05) is 23.3 Å². The Labute approximate surface area is 167 Å². The molecule has 2 heterocycles. The Balaban J connectivity index is 1.48. The molecule has 138 valence electrons. The molecule has 0 amide bonds. The highest BCUT2D eigenvalue weighted by molar-refractivity contribution is 8.04. The maximum absolute atomic E-state index is 9.70. The lowest BCUT2D eigenvalue weighted by atomic mass is 10.1. The second-order valence-electron chi connectivity index (χ2n) is 6.22. The zero-order chi connectivity index (χ0) is 19.3. The van der Waals surface area contributed by atoms with Gasteiger partial charge >= 0.3 is 0 Å². The lowest BCUT2D eigenvalue weighted by Crippen LogP contribution is -2.09. The van der Waals surface area contributed by atoms with E-state index in [9.17, 15) is 5.26 Å². The molecule has 6 nitrogen and oxygen atoms in total. The average Bonchev–Trinajstić information content (AvgIpc) is 3.14. The molecule has 28 heavy (non-hydrogen) atoms. The first-order valence-electron chi connectivity index (χ1n) is 8.83. The molecular formula is C21H18N6S. The van der Waals surface area contributed by atoms with Gasteiger partial charge in [-0.3, -0.25) is 0 Å². The Kier molecular flexibility index (Phi) is 5.13. The standard InChI is InChI=1S/C21H18N6S/c22-13-16(20-26-18-3-1-2-4-19(18)28-20)17-10-12-25-21(27-17)24-11-9-14-5-7-15(23)8-6-14/h1-8,10,12,26H,9,11,23H2,(H,24,25,27)/b20-16-. The third-order valence-corrected chi connectivity index (χ3v) is 5.36. The average molecular weight is 386 g/mol. The topological polar surface area (TPSA) is 99.7 Å². The van der Waals surface area contributed by atoms with Gasteiger partial charge in [0.1, 0.15) is 11.6 Å². The molecule has 4 rings (SSSR count). The molecule has 0 fully saturated rings. The van der Waals surface area contributed by atoms with Crippen molar-refractivity contribution < 1.29 is 0 Å². The van der Waals surface area contributed by atoms with Crippen molar-refractivity contribution in [2.45, 2.75) is 11.3 Å². The molecule has 0 aliphatic carbocycles. The van der Waals surface area contributed by atoms with Crippen LogP contribution in [-0.4, -0.2) is 16.5 Å². The summed E-state index contributed by atoms with van der Waals surface area (Å²) < 4.78 is 0. The quantitative estimate of drug-likeness (QED) is 0.448. The van der Waals surface area contributed by atoms with Crippen molar-refractivity contribution in [3.05, 3.63) is 77.1 Å². The second kappa shape index (κ2) is 8.03. The van der Waals surface area contributed by atoms with Gasteiger partial charge in [-0.15, -0.1) is 0 Å². The number of fused-ring (bicyclic) bond motifs is 1. The summed E-state index contributed by atoms with van der Waals surface area (Å²) in [4.78, 5) is 9.89. The lowest BCUT2D eigenvalue weighted by Gasteiger charge is -2.08. The van der Waals surface area contributed by atoms with Crippen molar-refractivity contribution in [1.29, 1.82) is 5.26 Å². The maximum atomic E-state index is 9.70. The van der Waals surface area contributed by atoms with Gasteiger partial charge < -0.3 is 16.4 Å². The molecule has 7 heteroatoms. The summed E-state index contributed by atoms with van der Waals surface area (Å²) in [6.45, 7) is 0.685. The molecule has 0 unspecified atom stereocenters. The highest BCUT2D eigenvalue weighted by atomic mass is 32.2. The minimum Gasteiger partial charge on any atom is -0.399 e. The van der Waals surface area contributed by atoms with Gasteiger partial charge in [0.2, 0.25) is 5.95 Å². The van der Waals surface area contributed by atoms with E-state index in [2.05, 4.69) is 26.7 Å². The number of nitrogens with zero attached hydrogens (tertiary/aromatic N) is 3. The lowest BCUT2D eigenvalue weighted by molar-refractivity contribution is 0.981. The van der Waals surface area contributed by atoms with Crippen LogP contribution in [0.15, 0.2) is 70.7 Å². The predicted octanol–water partition coefficient (Wildman–Crippen LogP) is 4.12. The van der Waals surface area contributed by atoms with E-state index >= 15 is 0 Å². The Morgan fingerprint density at radius 1 is 1.14 bits per heavy atom. The fourth-order valence-corrected chi connectivity index (χ4v) is 3.85. The van der Waals surface area contributed by atoms with Crippen LogP contribution in [0.1, 0.15) is 11.3 Å². The maximum Gasteiger partial charge on any atom is 0.223 e. The summed E-state index contributed by atoms with van der Waals surface area (Å²) in [5, 5.41) is 17.0. The summed E-state index contributed by atoms with van der Waals surface area (Å²) in [5.74, 6) is 0.502. The van der Waals surface area contributed by atoms with Crippen LogP contribution in [-0.2, 0) is 6.42 Å². The van der Waals surface area contributed by atoms with Crippen LogP contribution < -0.4 is 16.4 Å². The van der Waals surface area contributed by atoms with E-state index < -0.39 is 0 Å². The molecule has 1 aliphatic heterocycles. The van der Waals surface area contributed by atoms with E-state index in [0.29, 0.717) is 23.8 Å². The fraction of sp³-hybridized carbons (Fsp3) is 0.0952. The second-order valence-corrected chi connectivity index (χ2v) is 7.28. The first kappa shape index (κ1) is 17.9. The number of nitrogen functional groups attached to an aromatic ring is 1. The Morgan fingerprint density at radius 2 is 1.96 bits per heavy atom. The van der Waals surface area contributed by atoms with Crippen LogP contribution in [0.25, 0.3) is 5.57 Å². The van der Waals surface area contributed by atoms with Crippen molar-refractivity contribution in [1.82, 2.24) is 9.97 Å². The number of nitriles is 1. The number of thioether (sulfide) groups is 1. The summed E-state index contributed by atoms with van der Waals surface area (Å²) in [7, 11) is 0.